The van der Waals surface area contributed by atoms with Crippen LogP contribution in [0.15, 0.2) is 84.9 Å². The lowest BCUT2D eigenvalue weighted by Crippen LogP contribution is -2.47. The molecule has 0 radical (unpaired) electrons. The fourth-order valence-electron chi connectivity index (χ4n) is 3.64. The maximum atomic E-state index is 12.9. The number of hydrogen-bond acceptors (Lipinski definition) is 5. The van der Waals surface area contributed by atoms with Crippen LogP contribution >= 0.6 is 0 Å². The van der Waals surface area contributed by atoms with E-state index in [1.807, 2.05) is 12.1 Å². The van der Waals surface area contributed by atoms with Crippen LogP contribution in [0, 0.1) is 0 Å². The molecule has 0 aromatic heterocycles. The summed E-state index contributed by atoms with van der Waals surface area (Å²) in [6.45, 7) is 0.944. The Bertz CT molecular complexity index is 1130. The molecule has 1 fully saturated rings. The Hall–Kier alpha value is -4.33. The molecule has 1 aliphatic heterocycles. The second-order valence-corrected chi connectivity index (χ2v) is 7.79. The average molecular weight is 460 g/mol. The Morgan fingerprint density at radius 3 is 1.94 bits per heavy atom. The topological polar surface area (TPSA) is 97.0 Å². The standard InChI is InChI=1S/C26H25N3O5/c30-24(22-13-7-8-14-23(22)28-25(31)33-20-9-3-1-4-10-20)27-19-15-17-29(18-16-19)26(32)34-21-11-5-2-6-12-21/h1-14,19H,15-18H2,(H,27,30)(H,28,31). The number of rotatable bonds is 5. The fraction of sp³-hybridized carbons (Fsp3) is 0.192. The molecule has 1 aliphatic rings. The van der Waals surface area contributed by atoms with Crippen molar-refractivity contribution < 1.29 is 23.9 Å². The van der Waals surface area contributed by atoms with Gasteiger partial charge in [0, 0.05) is 19.1 Å². The van der Waals surface area contributed by atoms with Crippen LogP contribution in [0.4, 0.5) is 15.3 Å². The molecule has 0 bridgehead atoms. The van der Waals surface area contributed by atoms with Crippen molar-refractivity contribution in [1.82, 2.24) is 10.2 Å². The van der Waals surface area contributed by atoms with Crippen molar-refractivity contribution in [1.29, 1.82) is 0 Å². The van der Waals surface area contributed by atoms with Crippen LogP contribution in [0.3, 0.4) is 0 Å². The molecule has 0 atom stereocenters. The quantitative estimate of drug-likeness (QED) is 0.577. The molecule has 0 aliphatic carbocycles. The third-order valence-electron chi connectivity index (χ3n) is 5.40. The molecule has 2 N–H and O–H groups in total. The van der Waals surface area contributed by atoms with Crippen LogP contribution < -0.4 is 20.1 Å². The highest BCUT2D eigenvalue weighted by atomic mass is 16.6. The van der Waals surface area contributed by atoms with Gasteiger partial charge in [-0.2, -0.15) is 0 Å². The number of hydrogen-bond donors (Lipinski definition) is 2. The first-order valence-electron chi connectivity index (χ1n) is 11.0. The number of nitrogens with one attached hydrogen (secondary N) is 2. The third-order valence-corrected chi connectivity index (χ3v) is 5.40. The van der Waals surface area contributed by atoms with Gasteiger partial charge in [0.1, 0.15) is 11.5 Å². The maximum Gasteiger partial charge on any atom is 0.417 e. The van der Waals surface area contributed by atoms with E-state index in [0.717, 1.165) is 0 Å². The summed E-state index contributed by atoms with van der Waals surface area (Å²) in [7, 11) is 0. The summed E-state index contributed by atoms with van der Waals surface area (Å²) in [5.41, 5.74) is 0.684. The van der Waals surface area contributed by atoms with Gasteiger partial charge in [0.05, 0.1) is 11.3 Å². The van der Waals surface area contributed by atoms with Gasteiger partial charge >= 0.3 is 12.2 Å². The normalized spacial score (nSPS) is 13.6. The first-order valence-corrected chi connectivity index (χ1v) is 11.0. The lowest BCUT2D eigenvalue weighted by atomic mass is 10.0. The van der Waals surface area contributed by atoms with Gasteiger partial charge in [-0.05, 0) is 49.2 Å². The van der Waals surface area contributed by atoms with Gasteiger partial charge in [-0.1, -0.05) is 48.5 Å². The second kappa shape index (κ2) is 11.0. The summed E-state index contributed by atoms with van der Waals surface area (Å²) in [6.07, 6.45) is 0.113. The fourth-order valence-corrected chi connectivity index (χ4v) is 3.64. The van der Waals surface area contributed by atoms with Crippen LogP contribution in [0.5, 0.6) is 11.5 Å². The third kappa shape index (κ3) is 6.13. The monoisotopic (exact) mass is 459 g/mol. The van der Waals surface area contributed by atoms with E-state index in [0.29, 0.717) is 48.7 Å². The van der Waals surface area contributed by atoms with E-state index in [9.17, 15) is 14.4 Å². The van der Waals surface area contributed by atoms with E-state index in [1.165, 1.54) is 0 Å². The van der Waals surface area contributed by atoms with Gasteiger partial charge in [0.2, 0.25) is 0 Å². The number of nitrogens with zero attached hydrogens (tertiary/aromatic N) is 1. The van der Waals surface area contributed by atoms with Crippen LogP contribution in [-0.4, -0.2) is 42.1 Å². The van der Waals surface area contributed by atoms with Gasteiger partial charge in [0.25, 0.3) is 5.91 Å². The molecule has 0 unspecified atom stereocenters. The van der Waals surface area contributed by atoms with Crippen molar-refractivity contribution >= 4 is 23.8 Å². The predicted molar refractivity (Wildman–Crippen MR) is 127 cm³/mol. The smallest absolute Gasteiger partial charge is 0.410 e. The highest BCUT2D eigenvalue weighted by Gasteiger charge is 2.26. The summed E-state index contributed by atoms with van der Waals surface area (Å²) in [4.78, 5) is 39.2. The zero-order valence-electron chi connectivity index (χ0n) is 18.5. The lowest BCUT2D eigenvalue weighted by Gasteiger charge is -2.31. The molecule has 174 valence electrons. The van der Waals surface area contributed by atoms with Crippen molar-refractivity contribution in [3.8, 4) is 11.5 Å². The summed E-state index contributed by atoms with van der Waals surface area (Å²) in [6, 6.07) is 24.2. The first kappa shape index (κ1) is 22.8. The average Bonchev–Trinajstić information content (AvgIpc) is 2.86. The number of ether oxygens (including phenoxy) is 2. The molecule has 3 amide bonds. The van der Waals surface area contributed by atoms with Crippen molar-refractivity contribution in [2.24, 2.45) is 0 Å². The van der Waals surface area contributed by atoms with Crippen molar-refractivity contribution in [3.63, 3.8) is 0 Å². The molecular weight excluding hydrogens is 434 g/mol. The van der Waals surface area contributed by atoms with E-state index in [2.05, 4.69) is 10.6 Å². The molecule has 34 heavy (non-hydrogen) atoms. The number of likely N-dealkylation sites (tertiary alicyclic amines) is 1. The van der Waals surface area contributed by atoms with Gasteiger partial charge in [-0.15, -0.1) is 0 Å². The zero-order chi connectivity index (χ0) is 23.8. The van der Waals surface area contributed by atoms with Crippen LogP contribution in [0.1, 0.15) is 23.2 Å². The lowest BCUT2D eigenvalue weighted by molar-refractivity contribution is 0.0910. The van der Waals surface area contributed by atoms with E-state index in [4.69, 9.17) is 9.47 Å². The SMILES string of the molecule is O=C(Nc1ccccc1C(=O)NC1CCN(C(=O)Oc2ccccc2)CC1)Oc1ccccc1. The molecule has 1 heterocycles. The Kier molecular flexibility index (Phi) is 7.39. The molecule has 4 rings (SSSR count). The molecule has 1 saturated heterocycles. The van der Waals surface area contributed by atoms with Crippen LogP contribution in [0.25, 0.3) is 0 Å². The Labute approximate surface area is 197 Å². The summed E-state index contributed by atoms with van der Waals surface area (Å²) >= 11 is 0. The molecule has 8 nitrogen and oxygen atoms in total. The second-order valence-electron chi connectivity index (χ2n) is 7.79. The van der Waals surface area contributed by atoms with Crippen molar-refractivity contribution in [2.45, 2.75) is 18.9 Å². The van der Waals surface area contributed by atoms with E-state index in [1.54, 1.807) is 77.7 Å². The Morgan fingerprint density at radius 2 is 1.29 bits per heavy atom. The van der Waals surface area contributed by atoms with Crippen LogP contribution in [-0.2, 0) is 0 Å². The summed E-state index contributed by atoms with van der Waals surface area (Å²) < 4.78 is 10.6. The van der Waals surface area contributed by atoms with Crippen LogP contribution in [0.2, 0.25) is 0 Å². The zero-order valence-corrected chi connectivity index (χ0v) is 18.5. The highest BCUT2D eigenvalue weighted by molar-refractivity contribution is 6.03. The molecule has 3 aromatic carbocycles. The van der Waals surface area contributed by atoms with Gasteiger partial charge in [0.15, 0.2) is 0 Å². The predicted octanol–water partition coefficient (Wildman–Crippen LogP) is 4.69. The van der Waals surface area contributed by atoms with E-state index >= 15 is 0 Å². The van der Waals surface area contributed by atoms with Gasteiger partial charge in [-0.25, -0.2) is 9.59 Å². The minimum absolute atomic E-state index is 0.0994. The summed E-state index contributed by atoms with van der Waals surface area (Å²) in [5, 5.41) is 5.63. The minimum Gasteiger partial charge on any atom is -0.410 e. The summed E-state index contributed by atoms with van der Waals surface area (Å²) in [5.74, 6) is 0.596. The Balaban J connectivity index is 1.29. The molecule has 8 heteroatoms. The first-order chi connectivity index (χ1) is 16.6. The van der Waals surface area contributed by atoms with Gasteiger partial charge < -0.3 is 19.7 Å². The number of anilines is 1. The highest BCUT2D eigenvalue weighted by Crippen LogP contribution is 2.19. The molecule has 0 saturated carbocycles. The number of piperidine rings is 1. The number of carbonyl (C=O) groups is 3. The van der Waals surface area contributed by atoms with E-state index < -0.39 is 12.2 Å². The van der Waals surface area contributed by atoms with Crippen molar-refractivity contribution in [2.75, 3.05) is 18.4 Å². The minimum atomic E-state index is -0.684. The largest absolute Gasteiger partial charge is 0.417 e. The van der Waals surface area contributed by atoms with E-state index in [-0.39, 0.29) is 11.9 Å². The number of para-hydroxylation sites is 3. The number of benzene rings is 3. The van der Waals surface area contributed by atoms with Gasteiger partial charge in [-0.3, -0.25) is 10.1 Å². The molecule has 0 spiro atoms. The molecular formula is C26H25N3O5. The maximum absolute atomic E-state index is 12.9. The number of carbonyl (C=O) groups excluding carboxylic acids is 3. The molecule has 3 aromatic rings. The Morgan fingerprint density at radius 1 is 0.735 bits per heavy atom. The van der Waals surface area contributed by atoms with Crippen molar-refractivity contribution in [3.05, 3.63) is 90.5 Å². The number of amides is 3.